The fourth-order valence-corrected chi connectivity index (χ4v) is 4.06. The molecule has 2 aromatic rings. The summed E-state index contributed by atoms with van der Waals surface area (Å²) in [6.07, 6.45) is 2.79. The molecule has 0 unspecified atom stereocenters. The molecule has 0 N–H and O–H groups in total. The maximum absolute atomic E-state index is 14.0. The van der Waals surface area contributed by atoms with E-state index in [4.69, 9.17) is 4.74 Å². The molecule has 3 rings (SSSR count). The van der Waals surface area contributed by atoms with E-state index in [1.807, 2.05) is 4.90 Å². The first-order valence-electron chi connectivity index (χ1n) is 11.3. The monoisotopic (exact) mass is 471 g/mol. The molecule has 0 atom stereocenters. The molecule has 1 heterocycles. The van der Waals surface area contributed by atoms with Crippen LogP contribution < -0.4 is 9.80 Å². The van der Waals surface area contributed by atoms with E-state index in [1.54, 1.807) is 32.9 Å². The van der Waals surface area contributed by atoms with E-state index < -0.39 is 28.2 Å². The third-order valence-electron chi connectivity index (χ3n) is 5.58. The van der Waals surface area contributed by atoms with Crippen molar-refractivity contribution in [2.24, 2.45) is 0 Å². The molecular weight excluding hydrogens is 441 g/mol. The summed E-state index contributed by atoms with van der Waals surface area (Å²) in [5.74, 6) is -1.61. The van der Waals surface area contributed by atoms with Crippen LogP contribution in [0.15, 0.2) is 36.4 Å². The SMILES string of the molecule is CN(C(=O)c1ccc(N2CCCCC2)c([N+](=O)[O-])c1)c1ccc(F)cc1CC(=O)OC(C)(C)C. The topological polar surface area (TPSA) is 93.0 Å². The molecular formula is C25H30FN3O5. The molecule has 9 heteroatoms. The van der Waals surface area contributed by atoms with E-state index in [1.165, 1.54) is 36.2 Å². The number of nitrogens with zero attached hydrogens (tertiary/aromatic N) is 3. The molecule has 0 radical (unpaired) electrons. The Hall–Kier alpha value is -3.49. The second-order valence-electron chi connectivity index (χ2n) is 9.41. The van der Waals surface area contributed by atoms with Gasteiger partial charge in [-0.1, -0.05) is 0 Å². The summed E-state index contributed by atoms with van der Waals surface area (Å²) in [7, 11) is 1.48. The van der Waals surface area contributed by atoms with Gasteiger partial charge >= 0.3 is 5.97 Å². The van der Waals surface area contributed by atoms with E-state index in [-0.39, 0.29) is 23.2 Å². The fourth-order valence-electron chi connectivity index (χ4n) is 4.06. The Kier molecular flexibility index (Phi) is 7.54. The van der Waals surface area contributed by atoms with Crippen molar-refractivity contribution >= 4 is 28.9 Å². The van der Waals surface area contributed by atoms with Gasteiger partial charge in [-0.2, -0.15) is 0 Å². The first-order valence-corrected chi connectivity index (χ1v) is 11.3. The minimum Gasteiger partial charge on any atom is -0.460 e. The minimum atomic E-state index is -0.707. The van der Waals surface area contributed by atoms with Gasteiger partial charge in [0, 0.05) is 37.5 Å². The number of anilines is 2. The Bertz CT molecular complexity index is 1090. The predicted octanol–water partition coefficient (Wildman–Crippen LogP) is 4.89. The van der Waals surface area contributed by atoms with Crippen molar-refractivity contribution < 1.29 is 23.6 Å². The van der Waals surface area contributed by atoms with Gasteiger partial charge in [0.05, 0.1) is 11.3 Å². The minimum absolute atomic E-state index is 0.127. The average molecular weight is 472 g/mol. The van der Waals surface area contributed by atoms with Crippen LogP contribution in [0.25, 0.3) is 0 Å². The molecule has 1 aliphatic rings. The van der Waals surface area contributed by atoms with Gasteiger partial charge in [-0.15, -0.1) is 0 Å². The van der Waals surface area contributed by atoms with Crippen molar-refractivity contribution in [3.8, 4) is 0 Å². The third-order valence-corrected chi connectivity index (χ3v) is 5.58. The van der Waals surface area contributed by atoms with Crippen molar-refractivity contribution in [1.29, 1.82) is 0 Å². The standard InChI is InChI=1S/C25H30FN3O5/c1-25(2,3)34-23(30)16-18-14-19(26)9-11-20(18)27(4)24(31)17-8-10-21(22(15-17)29(32)33)28-12-6-5-7-13-28/h8-11,14-15H,5-7,12-13,16H2,1-4H3. The highest BCUT2D eigenvalue weighted by molar-refractivity contribution is 6.07. The normalized spacial score (nSPS) is 14.0. The van der Waals surface area contributed by atoms with Crippen molar-refractivity contribution in [1.82, 2.24) is 0 Å². The first kappa shape index (κ1) is 25.1. The summed E-state index contributed by atoms with van der Waals surface area (Å²) in [5, 5.41) is 11.8. The number of amides is 1. The van der Waals surface area contributed by atoms with E-state index in [0.29, 0.717) is 11.4 Å². The fraction of sp³-hybridized carbons (Fsp3) is 0.440. The Morgan fingerprint density at radius 1 is 1.12 bits per heavy atom. The lowest BCUT2D eigenvalue weighted by molar-refractivity contribution is -0.384. The van der Waals surface area contributed by atoms with Gasteiger partial charge < -0.3 is 14.5 Å². The number of carbonyl (C=O) groups is 2. The molecule has 1 fully saturated rings. The summed E-state index contributed by atoms with van der Waals surface area (Å²) in [5.41, 5.74) is 0.388. The van der Waals surface area contributed by atoms with Crippen molar-refractivity contribution in [2.45, 2.75) is 52.1 Å². The van der Waals surface area contributed by atoms with Gasteiger partial charge in [0.1, 0.15) is 17.1 Å². The van der Waals surface area contributed by atoms with Gasteiger partial charge in [-0.05, 0) is 75.9 Å². The maximum atomic E-state index is 14.0. The number of esters is 1. The summed E-state index contributed by atoms with van der Waals surface area (Å²) >= 11 is 0. The maximum Gasteiger partial charge on any atom is 0.310 e. The second kappa shape index (κ2) is 10.2. The van der Waals surface area contributed by atoms with Crippen LogP contribution in [0.5, 0.6) is 0 Å². The molecule has 182 valence electrons. The molecule has 1 aliphatic heterocycles. The zero-order valence-corrected chi connectivity index (χ0v) is 20.0. The lowest BCUT2D eigenvalue weighted by Gasteiger charge is -2.28. The third kappa shape index (κ3) is 6.09. The van der Waals surface area contributed by atoms with Crippen molar-refractivity contribution in [3.63, 3.8) is 0 Å². The second-order valence-corrected chi connectivity index (χ2v) is 9.41. The van der Waals surface area contributed by atoms with Crippen LogP contribution in [-0.2, 0) is 16.0 Å². The number of nitro groups is 1. The van der Waals surface area contributed by atoms with Gasteiger partial charge in [0.25, 0.3) is 11.6 Å². The Morgan fingerprint density at radius 2 is 1.79 bits per heavy atom. The quantitative estimate of drug-likeness (QED) is 0.339. The van der Waals surface area contributed by atoms with Gasteiger partial charge in [-0.3, -0.25) is 19.7 Å². The Balaban J connectivity index is 1.90. The first-order chi connectivity index (χ1) is 16.0. The van der Waals surface area contributed by atoms with Gasteiger partial charge in [-0.25, -0.2) is 4.39 Å². The number of carbonyl (C=O) groups excluding carboxylic acids is 2. The van der Waals surface area contributed by atoms with E-state index in [2.05, 4.69) is 0 Å². The summed E-state index contributed by atoms with van der Waals surface area (Å²) in [4.78, 5) is 40.1. The molecule has 1 amide bonds. The number of rotatable bonds is 6. The van der Waals surface area contributed by atoms with Crippen molar-refractivity contribution in [3.05, 3.63) is 63.5 Å². The molecule has 1 saturated heterocycles. The van der Waals surface area contributed by atoms with Crippen molar-refractivity contribution in [2.75, 3.05) is 29.9 Å². The number of hydrogen-bond acceptors (Lipinski definition) is 6. The number of benzene rings is 2. The van der Waals surface area contributed by atoms with E-state index in [0.717, 1.165) is 32.4 Å². The number of nitro benzene ring substituents is 1. The molecule has 0 spiro atoms. The van der Waals surface area contributed by atoms with Crippen LogP contribution in [0.2, 0.25) is 0 Å². The molecule has 2 aromatic carbocycles. The highest BCUT2D eigenvalue weighted by Crippen LogP contribution is 2.32. The lowest BCUT2D eigenvalue weighted by Crippen LogP contribution is -2.31. The number of hydrogen-bond donors (Lipinski definition) is 0. The summed E-state index contributed by atoms with van der Waals surface area (Å²) < 4.78 is 19.3. The van der Waals surface area contributed by atoms with Crippen LogP contribution in [-0.4, -0.2) is 42.5 Å². The van der Waals surface area contributed by atoms with E-state index >= 15 is 0 Å². The summed E-state index contributed by atoms with van der Waals surface area (Å²) in [6, 6.07) is 8.23. The van der Waals surface area contributed by atoms with Crippen LogP contribution in [0.4, 0.5) is 21.5 Å². The zero-order chi connectivity index (χ0) is 25.0. The highest BCUT2D eigenvalue weighted by atomic mass is 19.1. The van der Waals surface area contributed by atoms with Crippen LogP contribution >= 0.6 is 0 Å². The van der Waals surface area contributed by atoms with Crippen LogP contribution in [0, 0.1) is 15.9 Å². The predicted molar refractivity (Wildman–Crippen MR) is 128 cm³/mol. The number of piperidine rings is 1. The molecule has 8 nitrogen and oxygen atoms in total. The molecule has 0 saturated carbocycles. The smallest absolute Gasteiger partial charge is 0.310 e. The highest BCUT2D eigenvalue weighted by Gasteiger charge is 2.26. The lowest BCUT2D eigenvalue weighted by atomic mass is 10.1. The van der Waals surface area contributed by atoms with Crippen LogP contribution in [0.3, 0.4) is 0 Å². The number of halogens is 1. The molecule has 34 heavy (non-hydrogen) atoms. The number of ether oxygens (including phenoxy) is 1. The van der Waals surface area contributed by atoms with Crippen LogP contribution in [0.1, 0.15) is 56.0 Å². The molecule has 0 bridgehead atoms. The average Bonchev–Trinajstić information content (AvgIpc) is 2.77. The summed E-state index contributed by atoms with van der Waals surface area (Å²) in [6.45, 7) is 6.66. The van der Waals surface area contributed by atoms with Gasteiger partial charge in [0.2, 0.25) is 0 Å². The molecule has 0 aromatic heterocycles. The largest absolute Gasteiger partial charge is 0.460 e. The zero-order valence-electron chi connectivity index (χ0n) is 20.0. The Labute approximate surface area is 198 Å². The van der Waals surface area contributed by atoms with E-state index in [9.17, 15) is 24.1 Å². The van der Waals surface area contributed by atoms with Gasteiger partial charge in [0.15, 0.2) is 0 Å². The molecule has 0 aliphatic carbocycles. The Morgan fingerprint density at radius 3 is 2.41 bits per heavy atom.